The van der Waals surface area contributed by atoms with Crippen molar-refractivity contribution in [2.24, 2.45) is 0 Å². The molecule has 1 amide bonds. The lowest BCUT2D eigenvalue weighted by Gasteiger charge is -2.35. The van der Waals surface area contributed by atoms with E-state index in [1.165, 1.54) is 0 Å². The summed E-state index contributed by atoms with van der Waals surface area (Å²) < 4.78 is 12.3. The third-order valence-electron chi connectivity index (χ3n) is 3.61. The van der Waals surface area contributed by atoms with Gasteiger partial charge < -0.3 is 14.8 Å². The Morgan fingerprint density at radius 2 is 2.00 bits per heavy atom. The van der Waals surface area contributed by atoms with E-state index in [0.717, 1.165) is 4.47 Å². The molecule has 0 saturated carbocycles. The van der Waals surface area contributed by atoms with Gasteiger partial charge in [0.2, 0.25) is 5.95 Å². The van der Waals surface area contributed by atoms with Crippen LogP contribution in [0.2, 0.25) is 0 Å². The van der Waals surface area contributed by atoms with Crippen molar-refractivity contribution in [1.29, 1.82) is 0 Å². The van der Waals surface area contributed by atoms with Gasteiger partial charge in [0, 0.05) is 18.9 Å². The predicted molar refractivity (Wildman–Crippen MR) is 94.7 cm³/mol. The Morgan fingerprint density at radius 1 is 1.42 bits per heavy atom. The molecule has 2 heterocycles. The number of rotatable bonds is 3. The lowest BCUT2D eigenvalue weighted by Crippen LogP contribution is -2.52. The first-order valence-electron chi connectivity index (χ1n) is 7.91. The molecule has 7 nitrogen and oxygen atoms in total. The van der Waals surface area contributed by atoms with E-state index in [9.17, 15) is 4.79 Å². The van der Waals surface area contributed by atoms with Crippen molar-refractivity contribution in [3.05, 3.63) is 16.9 Å². The molecule has 0 radical (unpaired) electrons. The molecule has 0 aromatic carbocycles. The molecule has 2 atom stereocenters. The number of nitrogens with zero attached hydrogens (tertiary/aromatic N) is 3. The maximum atomic E-state index is 12.6. The van der Waals surface area contributed by atoms with E-state index in [4.69, 9.17) is 9.47 Å². The van der Waals surface area contributed by atoms with Gasteiger partial charge >= 0.3 is 6.09 Å². The van der Waals surface area contributed by atoms with Gasteiger partial charge in [-0.25, -0.2) is 14.8 Å². The summed E-state index contributed by atoms with van der Waals surface area (Å²) in [6, 6.07) is -0.193. The van der Waals surface area contributed by atoms with Crippen LogP contribution in [0.4, 0.5) is 10.7 Å². The van der Waals surface area contributed by atoms with Crippen LogP contribution in [0.1, 0.15) is 41.5 Å². The molecule has 2 rings (SSSR count). The Morgan fingerprint density at radius 3 is 2.54 bits per heavy atom. The number of hydrogen-bond donors (Lipinski definition) is 1. The highest BCUT2D eigenvalue weighted by molar-refractivity contribution is 9.10. The van der Waals surface area contributed by atoms with Crippen LogP contribution >= 0.6 is 15.9 Å². The van der Waals surface area contributed by atoms with Gasteiger partial charge in [-0.1, -0.05) is 0 Å². The number of carbonyl (C=O) groups excluding carboxylic acids is 1. The summed E-state index contributed by atoms with van der Waals surface area (Å²) >= 11 is 3.30. The third kappa shape index (κ3) is 4.57. The van der Waals surface area contributed by atoms with Crippen LogP contribution in [0, 0.1) is 0 Å². The highest BCUT2D eigenvalue weighted by atomic mass is 79.9. The maximum Gasteiger partial charge on any atom is 0.412 e. The third-order valence-corrected chi connectivity index (χ3v) is 4.02. The fourth-order valence-corrected chi connectivity index (χ4v) is 2.93. The summed E-state index contributed by atoms with van der Waals surface area (Å²) in [5.41, 5.74) is -1.31. The number of nitrogens with one attached hydrogen (secondary N) is 1. The van der Waals surface area contributed by atoms with Crippen LogP contribution in [0.3, 0.4) is 0 Å². The first-order chi connectivity index (χ1) is 11.0. The van der Waals surface area contributed by atoms with Crippen molar-refractivity contribution in [3.8, 4) is 0 Å². The van der Waals surface area contributed by atoms with Gasteiger partial charge in [0.1, 0.15) is 11.3 Å². The van der Waals surface area contributed by atoms with Gasteiger partial charge in [0.05, 0.1) is 16.6 Å². The minimum atomic E-state index is -0.741. The molecule has 1 saturated heterocycles. The lowest BCUT2D eigenvalue weighted by molar-refractivity contribution is -0.0755. The summed E-state index contributed by atoms with van der Waals surface area (Å²) in [7, 11) is 0. The summed E-state index contributed by atoms with van der Waals surface area (Å²) in [4.78, 5) is 22.7. The van der Waals surface area contributed by atoms with E-state index in [1.807, 2.05) is 41.5 Å². The normalized spacial score (nSPS) is 23.2. The number of carbonyl (C=O) groups is 1. The first kappa shape index (κ1) is 18.9. The molecular weight excluding hydrogens is 376 g/mol. The van der Waals surface area contributed by atoms with Gasteiger partial charge in [0.25, 0.3) is 0 Å². The van der Waals surface area contributed by atoms with E-state index in [0.29, 0.717) is 12.5 Å². The zero-order valence-corrected chi connectivity index (χ0v) is 16.5. The van der Waals surface area contributed by atoms with Crippen LogP contribution in [0.15, 0.2) is 16.9 Å². The highest BCUT2D eigenvalue weighted by Gasteiger charge is 2.49. The Balaban J connectivity index is 2.12. The zero-order valence-electron chi connectivity index (χ0n) is 15.0. The molecule has 1 aliphatic heterocycles. The number of amides is 1. The largest absolute Gasteiger partial charge is 0.444 e. The number of anilines is 1. The van der Waals surface area contributed by atoms with E-state index in [1.54, 1.807) is 17.3 Å². The molecular formula is C16H25BrN4O3. The maximum absolute atomic E-state index is 12.6. The molecule has 0 bridgehead atoms. The Hall–Kier alpha value is -1.41. The molecule has 0 spiro atoms. The highest BCUT2D eigenvalue weighted by Crippen LogP contribution is 2.33. The van der Waals surface area contributed by atoms with Crippen molar-refractivity contribution in [2.45, 2.75) is 65.0 Å². The fraction of sp³-hybridized carbons (Fsp3) is 0.688. The van der Waals surface area contributed by atoms with Crippen molar-refractivity contribution in [1.82, 2.24) is 14.9 Å². The monoisotopic (exact) mass is 400 g/mol. The molecule has 1 aliphatic rings. The summed E-state index contributed by atoms with van der Waals surface area (Å²) in [5.74, 6) is 0.499. The van der Waals surface area contributed by atoms with E-state index in [2.05, 4.69) is 31.2 Å². The van der Waals surface area contributed by atoms with Gasteiger partial charge in [-0.3, -0.25) is 4.90 Å². The Labute approximate surface area is 151 Å². The summed E-state index contributed by atoms with van der Waals surface area (Å²) in [6.07, 6.45) is 2.80. The summed E-state index contributed by atoms with van der Waals surface area (Å²) in [5, 5.41) is 3.16. The SMILES string of the molecule is C[C@H]1OC(C)(C)N(C(=O)OC(C)(C)C)[C@H]1CNc1ncc(Br)cn1. The van der Waals surface area contributed by atoms with Crippen LogP contribution in [0.25, 0.3) is 0 Å². The molecule has 1 aromatic heterocycles. The number of aromatic nitrogens is 2. The topological polar surface area (TPSA) is 76.6 Å². The molecule has 134 valence electrons. The number of halogens is 1. The van der Waals surface area contributed by atoms with Crippen LogP contribution in [0.5, 0.6) is 0 Å². The van der Waals surface area contributed by atoms with Crippen molar-refractivity contribution < 1.29 is 14.3 Å². The Bertz CT molecular complexity index is 586. The van der Waals surface area contributed by atoms with Gasteiger partial charge in [-0.2, -0.15) is 0 Å². The Kier molecular flexibility index (Phi) is 5.39. The zero-order chi connectivity index (χ0) is 18.1. The second-order valence-corrected chi connectivity index (χ2v) is 8.21. The van der Waals surface area contributed by atoms with E-state index in [-0.39, 0.29) is 18.2 Å². The minimum Gasteiger partial charge on any atom is -0.444 e. The number of hydrogen-bond acceptors (Lipinski definition) is 6. The van der Waals surface area contributed by atoms with Crippen LogP contribution < -0.4 is 5.32 Å². The van der Waals surface area contributed by atoms with Crippen molar-refractivity contribution in [3.63, 3.8) is 0 Å². The second-order valence-electron chi connectivity index (χ2n) is 7.29. The van der Waals surface area contributed by atoms with E-state index < -0.39 is 11.3 Å². The molecule has 1 fully saturated rings. The second kappa shape index (κ2) is 6.84. The molecule has 1 aromatic rings. The smallest absolute Gasteiger partial charge is 0.412 e. The van der Waals surface area contributed by atoms with Crippen molar-refractivity contribution in [2.75, 3.05) is 11.9 Å². The molecule has 0 unspecified atom stereocenters. The van der Waals surface area contributed by atoms with Gasteiger partial charge in [-0.15, -0.1) is 0 Å². The standard InChI is InChI=1S/C16H25BrN4O3/c1-10-12(9-20-13-18-7-11(17)8-19-13)21(16(5,6)23-10)14(22)24-15(2,3)4/h7-8,10,12H,9H2,1-6H3,(H,18,19,20)/t10-,12+/m1/s1. The fourth-order valence-electron chi connectivity index (χ4n) is 2.72. The van der Waals surface area contributed by atoms with Gasteiger partial charge in [0.15, 0.2) is 0 Å². The van der Waals surface area contributed by atoms with Gasteiger partial charge in [-0.05, 0) is 57.5 Å². The van der Waals surface area contributed by atoms with Crippen LogP contribution in [-0.2, 0) is 9.47 Å². The average Bonchev–Trinajstić information content (AvgIpc) is 2.65. The molecule has 0 aliphatic carbocycles. The first-order valence-corrected chi connectivity index (χ1v) is 8.70. The molecule has 24 heavy (non-hydrogen) atoms. The quantitative estimate of drug-likeness (QED) is 0.837. The number of ether oxygens (including phenoxy) is 2. The summed E-state index contributed by atoms with van der Waals surface area (Å²) in [6.45, 7) is 11.7. The minimum absolute atomic E-state index is 0.143. The average molecular weight is 401 g/mol. The lowest BCUT2D eigenvalue weighted by atomic mass is 10.1. The molecule has 8 heteroatoms. The van der Waals surface area contributed by atoms with Crippen molar-refractivity contribution >= 4 is 28.0 Å². The predicted octanol–water partition coefficient (Wildman–Crippen LogP) is 3.41. The van der Waals surface area contributed by atoms with Crippen LogP contribution in [-0.4, -0.2) is 51.0 Å². The molecule has 1 N–H and O–H groups in total. The van der Waals surface area contributed by atoms with E-state index >= 15 is 0 Å².